The van der Waals surface area contributed by atoms with Crippen molar-refractivity contribution < 1.29 is 5.11 Å². The molecule has 4 aliphatic rings. The van der Waals surface area contributed by atoms with Gasteiger partial charge in [-0.3, -0.25) is 0 Å². The summed E-state index contributed by atoms with van der Waals surface area (Å²) >= 11 is 0. The van der Waals surface area contributed by atoms with E-state index in [4.69, 9.17) is 0 Å². The third kappa shape index (κ3) is 3.03. The van der Waals surface area contributed by atoms with Gasteiger partial charge in [-0.2, -0.15) is 0 Å². The molecule has 3 saturated carbocycles. The van der Waals surface area contributed by atoms with Crippen molar-refractivity contribution >= 4 is 0 Å². The molecule has 0 amide bonds. The molecule has 8 atom stereocenters. The molecule has 1 nitrogen and oxygen atoms in total. The normalized spacial score (nSPS) is 50.5. The molecule has 0 heterocycles. The van der Waals surface area contributed by atoms with Crippen LogP contribution in [-0.2, 0) is 0 Å². The van der Waals surface area contributed by atoms with E-state index in [1.807, 2.05) is 0 Å². The maximum absolute atomic E-state index is 10.4. The SMILES string of the molecule is CC(C)CCC[C@@H](C)[C@H]1CC[C@@]2(C)[C@]3(C)CC=C4C[C@@H](O)CC[C@]4(C)[C@@]3(C)CC[C@]12C. The Bertz CT molecular complexity index is 722. The van der Waals surface area contributed by atoms with Crippen LogP contribution in [0.4, 0.5) is 0 Å². The van der Waals surface area contributed by atoms with E-state index in [0.29, 0.717) is 21.7 Å². The van der Waals surface area contributed by atoms with Crippen molar-refractivity contribution in [3.8, 4) is 0 Å². The Morgan fingerprint density at radius 1 is 0.871 bits per heavy atom. The highest BCUT2D eigenvalue weighted by Gasteiger charge is 2.73. The number of allylic oxidation sites excluding steroid dienone is 1. The van der Waals surface area contributed by atoms with Crippen LogP contribution in [0, 0.1) is 44.8 Å². The van der Waals surface area contributed by atoms with Gasteiger partial charge in [0.25, 0.3) is 0 Å². The van der Waals surface area contributed by atoms with Gasteiger partial charge in [0, 0.05) is 0 Å². The molecule has 4 rings (SSSR count). The smallest absolute Gasteiger partial charge is 0.0577 e. The first-order chi connectivity index (χ1) is 14.3. The van der Waals surface area contributed by atoms with Crippen molar-refractivity contribution in [2.75, 3.05) is 0 Å². The number of fused-ring (bicyclic) bond motifs is 5. The number of hydrogen-bond donors (Lipinski definition) is 1. The zero-order valence-corrected chi connectivity index (χ0v) is 22.1. The molecule has 1 heteroatoms. The highest BCUT2D eigenvalue weighted by Crippen LogP contribution is 2.81. The molecule has 0 aliphatic heterocycles. The lowest BCUT2D eigenvalue weighted by atomic mass is 9.31. The lowest BCUT2D eigenvalue weighted by Gasteiger charge is -2.73. The van der Waals surface area contributed by atoms with Gasteiger partial charge in [-0.25, -0.2) is 0 Å². The summed E-state index contributed by atoms with van der Waals surface area (Å²) < 4.78 is 0. The summed E-state index contributed by atoms with van der Waals surface area (Å²) in [5.74, 6) is 2.58. The number of aliphatic hydroxyl groups is 1. The van der Waals surface area contributed by atoms with Gasteiger partial charge in [-0.05, 0) is 96.2 Å². The third-order valence-corrected chi connectivity index (χ3v) is 12.9. The lowest BCUT2D eigenvalue weighted by Crippen LogP contribution is -2.66. The summed E-state index contributed by atoms with van der Waals surface area (Å²) in [6, 6.07) is 0. The molecule has 0 spiro atoms. The van der Waals surface area contributed by atoms with Crippen molar-refractivity contribution in [2.24, 2.45) is 44.8 Å². The number of aliphatic hydroxyl groups excluding tert-OH is 1. The van der Waals surface area contributed by atoms with Gasteiger partial charge in [0.05, 0.1) is 6.10 Å². The van der Waals surface area contributed by atoms with E-state index >= 15 is 0 Å². The summed E-state index contributed by atoms with van der Waals surface area (Å²) in [5, 5.41) is 10.4. The average molecular weight is 429 g/mol. The molecule has 178 valence electrons. The van der Waals surface area contributed by atoms with E-state index < -0.39 is 0 Å². The molecule has 4 aliphatic carbocycles. The van der Waals surface area contributed by atoms with Crippen LogP contribution < -0.4 is 0 Å². The number of rotatable bonds is 5. The maximum atomic E-state index is 10.4. The van der Waals surface area contributed by atoms with Gasteiger partial charge < -0.3 is 5.11 Å². The fraction of sp³-hybridized carbons (Fsp3) is 0.933. The zero-order valence-electron chi connectivity index (χ0n) is 22.1. The van der Waals surface area contributed by atoms with Crippen LogP contribution in [0.25, 0.3) is 0 Å². The van der Waals surface area contributed by atoms with E-state index in [0.717, 1.165) is 30.6 Å². The molecule has 0 radical (unpaired) electrons. The van der Waals surface area contributed by atoms with Crippen molar-refractivity contribution in [3.63, 3.8) is 0 Å². The van der Waals surface area contributed by atoms with Crippen LogP contribution in [0.2, 0.25) is 0 Å². The second-order valence-electron chi connectivity index (χ2n) is 14.0. The molecule has 0 saturated heterocycles. The zero-order chi connectivity index (χ0) is 22.9. The summed E-state index contributed by atoms with van der Waals surface area (Å²) in [5.41, 5.74) is 3.42. The molecular formula is C30H52O. The fourth-order valence-electron chi connectivity index (χ4n) is 9.98. The molecule has 0 unspecified atom stereocenters. The topological polar surface area (TPSA) is 20.2 Å². The minimum absolute atomic E-state index is 0.112. The monoisotopic (exact) mass is 428 g/mol. The molecule has 3 fully saturated rings. The third-order valence-electron chi connectivity index (χ3n) is 12.9. The van der Waals surface area contributed by atoms with Crippen LogP contribution in [0.5, 0.6) is 0 Å². The van der Waals surface area contributed by atoms with E-state index in [9.17, 15) is 5.11 Å². The Kier molecular flexibility index (Phi) is 5.85. The van der Waals surface area contributed by atoms with Crippen LogP contribution >= 0.6 is 0 Å². The quantitative estimate of drug-likeness (QED) is 0.435. The van der Waals surface area contributed by atoms with Gasteiger partial charge in [0.15, 0.2) is 0 Å². The Hall–Kier alpha value is -0.300. The van der Waals surface area contributed by atoms with Crippen molar-refractivity contribution in [1.82, 2.24) is 0 Å². The van der Waals surface area contributed by atoms with E-state index in [1.165, 1.54) is 57.8 Å². The second kappa shape index (κ2) is 7.61. The van der Waals surface area contributed by atoms with Crippen LogP contribution in [0.15, 0.2) is 11.6 Å². The standard InChI is InChI=1S/C30H52O/c1-21(2)10-9-11-22(3)25-14-17-28(6)27(25,5)18-19-29(7)26(4)15-13-24(31)20-23(26)12-16-30(28,29)8/h12,21-22,24-25,31H,9-11,13-20H2,1-8H3/t22-,24+,25-,26+,27-,28-,29-,30+/m1/s1. The highest BCUT2D eigenvalue weighted by molar-refractivity contribution is 5.33. The largest absolute Gasteiger partial charge is 0.393 e. The Labute approximate surface area is 193 Å². The van der Waals surface area contributed by atoms with Gasteiger partial charge >= 0.3 is 0 Å². The Morgan fingerprint density at radius 3 is 2.26 bits per heavy atom. The Morgan fingerprint density at radius 2 is 1.58 bits per heavy atom. The molecule has 0 aromatic heterocycles. The summed E-state index contributed by atoms with van der Waals surface area (Å²) in [6.45, 7) is 20.7. The summed E-state index contributed by atoms with van der Waals surface area (Å²) in [6.07, 6.45) is 16.6. The molecule has 31 heavy (non-hydrogen) atoms. The number of hydrogen-bond acceptors (Lipinski definition) is 1. The maximum Gasteiger partial charge on any atom is 0.0577 e. The first kappa shape index (κ1) is 23.8. The lowest BCUT2D eigenvalue weighted by molar-refractivity contribution is -0.222. The van der Waals surface area contributed by atoms with E-state index in [-0.39, 0.29) is 11.5 Å². The fourth-order valence-corrected chi connectivity index (χ4v) is 9.98. The van der Waals surface area contributed by atoms with Crippen LogP contribution in [-0.4, -0.2) is 11.2 Å². The summed E-state index contributed by atoms with van der Waals surface area (Å²) in [4.78, 5) is 0. The molecule has 0 bridgehead atoms. The van der Waals surface area contributed by atoms with Crippen LogP contribution in [0.1, 0.15) is 126 Å². The van der Waals surface area contributed by atoms with Gasteiger partial charge in [0.2, 0.25) is 0 Å². The summed E-state index contributed by atoms with van der Waals surface area (Å²) in [7, 11) is 0. The van der Waals surface area contributed by atoms with E-state index in [1.54, 1.807) is 5.57 Å². The first-order valence-electron chi connectivity index (χ1n) is 13.7. The van der Waals surface area contributed by atoms with Gasteiger partial charge in [-0.15, -0.1) is 0 Å². The van der Waals surface area contributed by atoms with Gasteiger partial charge in [0.1, 0.15) is 0 Å². The molecule has 1 N–H and O–H groups in total. The second-order valence-corrected chi connectivity index (χ2v) is 14.0. The average Bonchev–Trinajstić information content (AvgIpc) is 2.98. The van der Waals surface area contributed by atoms with Crippen molar-refractivity contribution in [3.05, 3.63) is 11.6 Å². The highest BCUT2D eigenvalue weighted by atomic mass is 16.3. The van der Waals surface area contributed by atoms with Crippen molar-refractivity contribution in [1.29, 1.82) is 0 Å². The minimum atomic E-state index is -0.112. The molecule has 0 aromatic rings. The Balaban J connectivity index is 1.66. The first-order valence-corrected chi connectivity index (χ1v) is 13.7. The molecular weight excluding hydrogens is 376 g/mol. The van der Waals surface area contributed by atoms with E-state index in [2.05, 4.69) is 61.5 Å². The van der Waals surface area contributed by atoms with Gasteiger partial charge in [-0.1, -0.05) is 86.3 Å². The minimum Gasteiger partial charge on any atom is -0.393 e. The molecule has 0 aromatic carbocycles. The predicted molar refractivity (Wildman–Crippen MR) is 133 cm³/mol. The van der Waals surface area contributed by atoms with Crippen LogP contribution in [0.3, 0.4) is 0 Å². The van der Waals surface area contributed by atoms with Crippen molar-refractivity contribution in [2.45, 2.75) is 132 Å². The predicted octanol–water partition coefficient (Wildman–Crippen LogP) is 8.56.